The molecule has 0 radical (unpaired) electrons. The van der Waals surface area contributed by atoms with Crippen molar-refractivity contribution in [2.45, 2.75) is 19.8 Å². The molecule has 0 atom stereocenters. The SMILES string of the molecule is CCOC(=O)CCC(=O)N1CCN(CCN(C)C)CC1. The van der Waals surface area contributed by atoms with Crippen molar-refractivity contribution in [3.8, 4) is 0 Å². The Morgan fingerprint density at radius 3 is 2.30 bits per heavy atom. The number of carbonyl (C=O) groups excluding carboxylic acids is 2. The molecule has 1 fully saturated rings. The minimum absolute atomic E-state index is 0.0605. The van der Waals surface area contributed by atoms with Gasteiger partial charge in [-0.15, -0.1) is 0 Å². The van der Waals surface area contributed by atoms with E-state index in [-0.39, 0.29) is 24.7 Å². The first kappa shape index (κ1) is 16.9. The van der Waals surface area contributed by atoms with E-state index in [0.717, 1.165) is 39.3 Å². The number of nitrogens with zero attached hydrogens (tertiary/aromatic N) is 3. The predicted molar refractivity (Wildman–Crippen MR) is 77.4 cm³/mol. The Bertz CT molecular complexity index is 313. The number of ether oxygens (including phenoxy) is 1. The number of carbonyl (C=O) groups is 2. The van der Waals surface area contributed by atoms with Crippen LogP contribution in [0.4, 0.5) is 0 Å². The third kappa shape index (κ3) is 6.34. The van der Waals surface area contributed by atoms with Crippen LogP contribution in [0.15, 0.2) is 0 Å². The van der Waals surface area contributed by atoms with Gasteiger partial charge < -0.3 is 14.5 Å². The molecule has 20 heavy (non-hydrogen) atoms. The maximum Gasteiger partial charge on any atom is 0.306 e. The fourth-order valence-corrected chi connectivity index (χ4v) is 2.16. The first-order chi connectivity index (χ1) is 9.52. The summed E-state index contributed by atoms with van der Waals surface area (Å²) in [5.41, 5.74) is 0. The molecule has 1 rings (SSSR count). The van der Waals surface area contributed by atoms with E-state index in [0.29, 0.717) is 6.61 Å². The quantitative estimate of drug-likeness (QED) is 0.618. The summed E-state index contributed by atoms with van der Waals surface area (Å²) in [6.45, 7) is 7.57. The molecular formula is C14H27N3O3. The summed E-state index contributed by atoms with van der Waals surface area (Å²) in [5, 5.41) is 0. The van der Waals surface area contributed by atoms with Gasteiger partial charge in [-0.25, -0.2) is 0 Å². The van der Waals surface area contributed by atoms with Gasteiger partial charge in [-0.05, 0) is 21.0 Å². The third-order valence-corrected chi connectivity index (χ3v) is 3.44. The summed E-state index contributed by atoms with van der Waals surface area (Å²) in [7, 11) is 4.13. The van der Waals surface area contributed by atoms with E-state index in [1.54, 1.807) is 6.92 Å². The van der Waals surface area contributed by atoms with E-state index in [4.69, 9.17) is 4.74 Å². The van der Waals surface area contributed by atoms with E-state index in [9.17, 15) is 9.59 Å². The summed E-state index contributed by atoms with van der Waals surface area (Å²) >= 11 is 0. The number of piperazine rings is 1. The van der Waals surface area contributed by atoms with Crippen LogP contribution in [0.2, 0.25) is 0 Å². The van der Waals surface area contributed by atoms with Crippen LogP contribution in [0.5, 0.6) is 0 Å². The maximum absolute atomic E-state index is 12.0. The second-order valence-electron chi connectivity index (χ2n) is 5.33. The van der Waals surface area contributed by atoms with Crippen molar-refractivity contribution in [2.75, 3.05) is 60.0 Å². The van der Waals surface area contributed by atoms with Crippen molar-refractivity contribution < 1.29 is 14.3 Å². The Hall–Kier alpha value is -1.14. The highest BCUT2D eigenvalue weighted by Gasteiger charge is 2.21. The zero-order valence-electron chi connectivity index (χ0n) is 12.9. The van der Waals surface area contributed by atoms with Gasteiger partial charge in [0.2, 0.25) is 5.91 Å². The Morgan fingerprint density at radius 2 is 1.75 bits per heavy atom. The van der Waals surface area contributed by atoms with Crippen LogP contribution in [0.25, 0.3) is 0 Å². The van der Waals surface area contributed by atoms with E-state index in [1.165, 1.54) is 0 Å². The predicted octanol–water partition coefficient (Wildman–Crippen LogP) is 0.0355. The summed E-state index contributed by atoms with van der Waals surface area (Å²) in [6.07, 6.45) is 0.448. The van der Waals surface area contributed by atoms with Crippen LogP contribution in [0.1, 0.15) is 19.8 Å². The standard InChI is InChI=1S/C14H27N3O3/c1-4-20-14(19)6-5-13(18)17-11-9-16(10-12-17)8-7-15(2)3/h4-12H2,1-3H3. The third-order valence-electron chi connectivity index (χ3n) is 3.44. The molecule has 0 aromatic heterocycles. The van der Waals surface area contributed by atoms with Crippen LogP contribution in [-0.4, -0.2) is 86.5 Å². The number of hydrogen-bond acceptors (Lipinski definition) is 5. The monoisotopic (exact) mass is 285 g/mol. The van der Waals surface area contributed by atoms with Crippen molar-refractivity contribution in [1.82, 2.24) is 14.7 Å². The van der Waals surface area contributed by atoms with Gasteiger partial charge in [0.25, 0.3) is 0 Å². The van der Waals surface area contributed by atoms with Crippen LogP contribution in [0, 0.1) is 0 Å². The van der Waals surface area contributed by atoms with Crippen LogP contribution >= 0.6 is 0 Å². The fraction of sp³-hybridized carbons (Fsp3) is 0.857. The van der Waals surface area contributed by atoms with Gasteiger partial charge in [-0.1, -0.05) is 0 Å². The summed E-state index contributed by atoms with van der Waals surface area (Å²) in [6, 6.07) is 0. The molecule has 0 aromatic carbocycles. The highest BCUT2D eigenvalue weighted by atomic mass is 16.5. The molecule has 0 aliphatic carbocycles. The Kier molecular flexibility index (Phi) is 7.54. The van der Waals surface area contributed by atoms with Gasteiger partial charge in [0.1, 0.15) is 0 Å². The highest BCUT2D eigenvalue weighted by molar-refractivity contribution is 5.81. The Balaban J connectivity index is 2.20. The number of hydrogen-bond donors (Lipinski definition) is 0. The molecule has 0 unspecified atom stereocenters. The van der Waals surface area contributed by atoms with E-state index >= 15 is 0 Å². The molecule has 6 heteroatoms. The van der Waals surface area contributed by atoms with Crippen LogP contribution < -0.4 is 0 Å². The molecule has 0 bridgehead atoms. The average molecular weight is 285 g/mol. The largest absolute Gasteiger partial charge is 0.466 e. The number of rotatable bonds is 7. The first-order valence-electron chi connectivity index (χ1n) is 7.33. The zero-order chi connectivity index (χ0) is 15.0. The Labute approximate surface area is 121 Å². The fourth-order valence-electron chi connectivity index (χ4n) is 2.16. The molecule has 1 aliphatic heterocycles. The molecule has 1 amide bonds. The number of likely N-dealkylation sites (N-methyl/N-ethyl adjacent to an activating group) is 1. The van der Waals surface area contributed by atoms with Gasteiger partial charge in [0, 0.05) is 45.7 Å². The van der Waals surface area contributed by atoms with Crippen molar-refractivity contribution in [3.63, 3.8) is 0 Å². The second kappa shape index (κ2) is 8.92. The second-order valence-corrected chi connectivity index (χ2v) is 5.33. The molecule has 0 saturated carbocycles. The lowest BCUT2D eigenvalue weighted by Crippen LogP contribution is -2.50. The van der Waals surface area contributed by atoms with Crippen molar-refractivity contribution in [3.05, 3.63) is 0 Å². The molecule has 6 nitrogen and oxygen atoms in total. The van der Waals surface area contributed by atoms with Crippen molar-refractivity contribution >= 4 is 11.9 Å². The lowest BCUT2D eigenvalue weighted by molar-refractivity contribution is -0.146. The minimum Gasteiger partial charge on any atom is -0.466 e. The van der Waals surface area contributed by atoms with E-state index < -0.39 is 0 Å². The zero-order valence-corrected chi connectivity index (χ0v) is 12.9. The van der Waals surface area contributed by atoms with Crippen molar-refractivity contribution in [1.29, 1.82) is 0 Å². The maximum atomic E-state index is 12.0. The summed E-state index contributed by atoms with van der Waals surface area (Å²) in [4.78, 5) is 29.6. The van der Waals surface area contributed by atoms with Gasteiger partial charge in [-0.2, -0.15) is 0 Å². The molecule has 116 valence electrons. The average Bonchev–Trinajstić information content (AvgIpc) is 2.43. The molecule has 1 heterocycles. The topological polar surface area (TPSA) is 53.1 Å². The lowest BCUT2D eigenvalue weighted by atomic mass is 10.2. The van der Waals surface area contributed by atoms with Crippen molar-refractivity contribution in [2.24, 2.45) is 0 Å². The molecule has 1 saturated heterocycles. The van der Waals surface area contributed by atoms with E-state index in [1.807, 2.05) is 4.90 Å². The molecule has 1 aliphatic rings. The molecule has 0 spiro atoms. The van der Waals surface area contributed by atoms with Gasteiger partial charge in [-0.3, -0.25) is 14.5 Å². The minimum atomic E-state index is -0.287. The summed E-state index contributed by atoms with van der Waals surface area (Å²) in [5.74, 6) is -0.226. The molecule has 0 aromatic rings. The molecule has 0 N–H and O–H groups in total. The van der Waals surface area contributed by atoms with E-state index in [2.05, 4.69) is 23.9 Å². The normalized spacial score (nSPS) is 16.5. The van der Waals surface area contributed by atoms with Crippen LogP contribution in [-0.2, 0) is 14.3 Å². The highest BCUT2D eigenvalue weighted by Crippen LogP contribution is 2.05. The molecular weight excluding hydrogens is 258 g/mol. The van der Waals surface area contributed by atoms with Gasteiger partial charge >= 0.3 is 5.97 Å². The number of amides is 1. The smallest absolute Gasteiger partial charge is 0.306 e. The van der Waals surface area contributed by atoms with Gasteiger partial charge in [0.15, 0.2) is 0 Å². The lowest BCUT2D eigenvalue weighted by Gasteiger charge is -2.35. The first-order valence-corrected chi connectivity index (χ1v) is 7.33. The van der Waals surface area contributed by atoms with Crippen LogP contribution in [0.3, 0.4) is 0 Å². The number of esters is 1. The Morgan fingerprint density at radius 1 is 1.10 bits per heavy atom. The summed E-state index contributed by atoms with van der Waals surface area (Å²) < 4.78 is 4.83. The van der Waals surface area contributed by atoms with Gasteiger partial charge in [0.05, 0.1) is 13.0 Å².